The average molecular weight is 377 g/mol. The third kappa shape index (κ3) is 3.55. The van der Waals surface area contributed by atoms with Crippen LogP contribution in [0.15, 0.2) is 60.7 Å². The Morgan fingerprint density at radius 2 is 1.56 bits per heavy atom. The number of anilines is 1. The lowest BCUT2D eigenvalue weighted by molar-refractivity contribution is 0.102. The van der Waals surface area contributed by atoms with E-state index in [9.17, 15) is 4.79 Å². The van der Waals surface area contributed by atoms with Crippen molar-refractivity contribution in [2.75, 3.05) is 5.32 Å². The zero-order chi connectivity index (χ0) is 19.0. The largest absolute Gasteiger partial charge is 0.321 e. The minimum atomic E-state index is -0.210. The number of hydrogen-bond acceptors (Lipinski definition) is 3. The van der Waals surface area contributed by atoms with Crippen molar-refractivity contribution >= 4 is 34.2 Å². The number of para-hydroxylation sites is 1. The van der Waals surface area contributed by atoms with E-state index in [4.69, 9.17) is 11.6 Å². The lowest BCUT2D eigenvalue weighted by Gasteiger charge is -2.08. The van der Waals surface area contributed by atoms with Crippen molar-refractivity contribution < 1.29 is 4.79 Å². The molecule has 1 aromatic heterocycles. The molecule has 5 nitrogen and oxygen atoms in total. The van der Waals surface area contributed by atoms with Crippen LogP contribution in [0, 0.1) is 13.8 Å². The summed E-state index contributed by atoms with van der Waals surface area (Å²) in [5, 5.41) is 12.2. The van der Waals surface area contributed by atoms with E-state index in [1.807, 2.05) is 62.4 Å². The highest BCUT2D eigenvalue weighted by Crippen LogP contribution is 2.27. The highest BCUT2D eigenvalue weighted by atomic mass is 35.5. The van der Waals surface area contributed by atoms with Crippen LogP contribution in [0.1, 0.15) is 21.5 Å². The number of nitrogens with zero attached hydrogens (tertiary/aromatic N) is 3. The summed E-state index contributed by atoms with van der Waals surface area (Å²) >= 11 is 6.36. The zero-order valence-electron chi connectivity index (χ0n) is 14.9. The quantitative estimate of drug-likeness (QED) is 0.550. The van der Waals surface area contributed by atoms with Gasteiger partial charge in [-0.05, 0) is 50.2 Å². The maximum absolute atomic E-state index is 12.6. The molecule has 0 fully saturated rings. The van der Waals surface area contributed by atoms with Crippen LogP contribution in [-0.4, -0.2) is 20.9 Å². The Balaban J connectivity index is 1.67. The van der Waals surface area contributed by atoms with Gasteiger partial charge in [0.15, 0.2) is 0 Å². The molecule has 0 aliphatic rings. The predicted octanol–water partition coefficient (Wildman–Crippen LogP) is 4.94. The summed E-state index contributed by atoms with van der Waals surface area (Å²) in [4.78, 5) is 14.2. The van der Waals surface area contributed by atoms with Crippen LogP contribution in [-0.2, 0) is 0 Å². The molecule has 3 aromatic carbocycles. The van der Waals surface area contributed by atoms with Gasteiger partial charge in [0, 0.05) is 5.56 Å². The molecule has 27 heavy (non-hydrogen) atoms. The van der Waals surface area contributed by atoms with E-state index >= 15 is 0 Å². The van der Waals surface area contributed by atoms with Crippen molar-refractivity contribution in [2.24, 2.45) is 0 Å². The monoisotopic (exact) mass is 376 g/mol. The minimum Gasteiger partial charge on any atom is -0.321 e. The van der Waals surface area contributed by atoms with Crippen molar-refractivity contribution in [1.82, 2.24) is 15.0 Å². The molecular formula is C21H17ClN4O. The number of nitrogens with one attached hydrogen (secondary N) is 1. The maximum atomic E-state index is 12.6. The van der Waals surface area contributed by atoms with E-state index in [2.05, 4.69) is 15.5 Å². The van der Waals surface area contributed by atoms with Crippen LogP contribution in [0.4, 0.5) is 5.69 Å². The molecule has 1 amide bonds. The molecule has 6 heteroatoms. The summed E-state index contributed by atoms with van der Waals surface area (Å²) < 4.78 is 0. The first kappa shape index (κ1) is 17.2. The summed E-state index contributed by atoms with van der Waals surface area (Å²) in [6, 6.07) is 18.8. The molecule has 0 spiro atoms. The van der Waals surface area contributed by atoms with E-state index in [-0.39, 0.29) is 5.91 Å². The Morgan fingerprint density at radius 1 is 0.926 bits per heavy atom. The van der Waals surface area contributed by atoms with Gasteiger partial charge in [0.05, 0.1) is 16.4 Å². The van der Waals surface area contributed by atoms with Crippen LogP contribution in [0.3, 0.4) is 0 Å². The molecule has 0 unspecified atom stereocenters. The number of rotatable bonds is 3. The van der Waals surface area contributed by atoms with Crippen molar-refractivity contribution in [1.29, 1.82) is 0 Å². The fourth-order valence-corrected chi connectivity index (χ4v) is 3.22. The number of aryl methyl sites for hydroxylation is 2. The highest BCUT2D eigenvalue weighted by molar-refractivity contribution is 6.34. The van der Waals surface area contributed by atoms with Crippen molar-refractivity contribution in [3.05, 3.63) is 82.4 Å². The van der Waals surface area contributed by atoms with Gasteiger partial charge in [0.25, 0.3) is 5.91 Å². The van der Waals surface area contributed by atoms with Crippen molar-refractivity contribution in [3.8, 4) is 5.69 Å². The Bertz CT molecular complexity index is 1130. The summed E-state index contributed by atoms with van der Waals surface area (Å²) in [5.74, 6) is -0.210. The summed E-state index contributed by atoms with van der Waals surface area (Å²) in [7, 11) is 0. The molecule has 1 N–H and O–H groups in total. The van der Waals surface area contributed by atoms with Gasteiger partial charge in [-0.25, -0.2) is 0 Å². The van der Waals surface area contributed by atoms with Gasteiger partial charge in [-0.2, -0.15) is 4.80 Å². The Hall–Kier alpha value is -3.18. The number of benzene rings is 3. The topological polar surface area (TPSA) is 59.8 Å². The molecule has 0 atom stereocenters. The molecule has 134 valence electrons. The fourth-order valence-electron chi connectivity index (χ4n) is 3.01. The normalized spacial score (nSPS) is 10.9. The molecule has 0 saturated carbocycles. The first-order valence-corrected chi connectivity index (χ1v) is 8.89. The van der Waals surface area contributed by atoms with Crippen LogP contribution in [0.25, 0.3) is 16.7 Å². The lowest BCUT2D eigenvalue weighted by atomic mass is 10.1. The van der Waals surface area contributed by atoms with Gasteiger partial charge in [0.2, 0.25) is 0 Å². The second-order valence-corrected chi connectivity index (χ2v) is 6.88. The van der Waals surface area contributed by atoms with Gasteiger partial charge in [-0.1, -0.05) is 47.0 Å². The summed E-state index contributed by atoms with van der Waals surface area (Å²) in [6.07, 6.45) is 0. The van der Waals surface area contributed by atoms with E-state index in [0.29, 0.717) is 27.3 Å². The first-order chi connectivity index (χ1) is 13.0. The lowest BCUT2D eigenvalue weighted by Crippen LogP contribution is -2.12. The van der Waals surface area contributed by atoms with Crippen molar-refractivity contribution in [2.45, 2.75) is 13.8 Å². The zero-order valence-corrected chi connectivity index (χ0v) is 15.7. The SMILES string of the molecule is Cc1cc(C)cc(C(=O)Nc2cc3nn(-c4ccccc4)nc3cc2Cl)c1. The Morgan fingerprint density at radius 3 is 2.22 bits per heavy atom. The first-order valence-electron chi connectivity index (χ1n) is 8.51. The third-order valence-electron chi connectivity index (χ3n) is 4.19. The predicted molar refractivity (Wildman–Crippen MR) is 108 cm³/mol. The number of carbonyl (C=O) groups excluding carboxylic acids is 1. The Labute approximate surface area is 161 Å². The molecule has 4 aromatic rings. The molecule has 1 heterocycles. The smallest absolute Gasteiger partial charge is 0.255 e. The fraction of sp³-hybridized carbons (Fsp3) is 0.0952. The van der Waals surface area contributed by atoms with Crippen LogP contribution < -0.4 is 5.32 Å². The van der Waals surface area contributed by atoms with Crippen molar-refractivity contribution in [3.63, 3.8) is 0 Å². The second kappa shape index (κ2) is 6.85. The van der Waals surface area contributed by atoms with Gasteiger partial charge < -0.3 is 5.32 Å². The van der Waals surface area contributed by atoms with E-state index in [1.54, 1.807) is 16.9 Å². The summed E-state index contributed by atoms with van der Waals surface area (Å²) in [6.45, 7) is 3.93. The molecule has 0 bridgehead atoms. The molecular weight excluding hydrogens is 360 g/mol. The van der Waals surface area contributed by atoms with Gasteiger partial charge in [-0.15, -0.1) is 10.2 Å². The molecule has 0 aliphatic heterocycles. The number of fused-ring (bicyclic) bond motifs is 1. The maximum Gasteiger partial charge on any atom is 0.255 e. The summed E-state index contributed by atoms with van der Waals surface area (Å²) in [5.41, 5.74) is 5.34. The number of carbonyl (C=O) groups is 1. The van der Waals surface area contributed by atoms with Crippen LogP contribution in [0.2, 0.25) is 5.02 Å². The van der Waals surface area contributed by atoms with Gasteiger partial charge in [0.1, 0.15) is 11.0 Å². The number of amides is 1. The van der Waals surface area contributed by atoms with E-state index < -0.39 is 0 Å². The standard InChI is InChI=1S/C21H17ClN4O/c1-13-8-14(2)10-15(9-13)21(27)23-18-12-20-19(11-17(18)22)24-26(25-20)16-6-4-3-5-7-16/h3-12H,1-2H3,(H,23,27). The number of aromatic nitrogens is 3. The van der Waals surface area contributed by atoms with E-state index in [1.165, 1.54) is 0 Å². The van der Waals surface area contributed by atoms with Crippen LogP contribution in [0.5, 0.6) is 0 Å². The van der Waals surface area contributed by atoms with E-state index in [0.717, 1.165) is 16.8 Å². The molecule has 0 radical (unpaired) electrons. The molecule has 0 aliphatic carbocycles. The number of hydrogen-bond donors (Lipinski definition) is 1. The van der Waals surface area contributed by atoms with Gasteiger partial charge in [-0.3, -0.25) is 4.79 Å². The second-order valence-electron chi connectivity index (χ2n) is 6.48. The Kier molecular flexibility index (Phi) is 4.38. The third-order valence-corrected chi connectivity index (χ3v) is 4.50. The van der Waals surface area contributed by atoms with Gasteiger partial charge >= 0.3 is 0 Å². The molecule has 4 rings (SSSR count). The highest BCUT2D eigenvalue weighted by Gasteiger charge is 2.13. The number of halogens is 1. The molecule has 0 saturated heterocycles. The van der Waals surface area contributed by atoms with Crippen LogP contribution >= 0.6 is 11.6 Å². The average Bonchev–Trinajstić information content (AvgIpc) is 3.04. The minimum absolute atomic E-state index is 0.210.